The quantitative estimate of drug-likeness (QED) is 0.0759. The van der Waals surface area contributed by atoms with Gasteiger partial charge in [0.2, 0.25) is 0 Å². The Kier molecular flexibility index (Phi) is 16.5. The molecule has 2 atom stereocenters. The van der Waals surface area contributed by atoms with E-state index in [9.17, 15) is 0 Å². The van der Waals surface area contributed by atoms with Crippen molar-refractivity contribution in [1.82, 2.24) is 0 Å². The molecule has 0 spiro atoms. The molecule has 0 heterocycles. The zero-order valence-electron chi connectivity index (χ0n) is 40.1. The number of aliphatic imine (C=N–C) groups is 3. The average molecular weight is 936 g/mol. The molecular weight excluding hydrogens is 883 g/mol. The number of rotatable bonds is 19. The summed E-state index contributed by atoms with van der Waals surface area (Å²) in [6.45, 7) is 2.37. The molecule has 2 unspecified atom stereocenters. The first kappa shape index (κ1) is 47.8. The monoisotopic (exact) mass is 935 g/mol. The largest absolute Gasteiger partial charge is 0.490 e. The summed E-state index contributed by atoms with van der Waals surface area (Å²) in [7, 11) is 0. The van der Waals surface area contributed by atoms with E-state index in [2.05, 4.69) is 78.1 Å². The van der Waals surface area contributed by atoms with E-state index >= 15 is 0 Å². The van der Waals surface area contributed by atoms with Gasteiger partial charge in [0.1, 0.15) is 30.0 Å². The zero-order chi connectivity index (χ0) is 49.0. The van der Waals surface area contributed by atoms with Gasteiger partial charge in [0.25, 0.3) is 0 Å². The minimum Gasteiger partial charge on any atom is -0.490 e. The Morgan fingerprint density at radius 1 is 0.333 bits per heavy atom. The van der Waals surface area contributed by atoms with Crippen molar-refractivity contribution in [2.24, 2.45) is 15.0 Å². The summed E-state index contributed by atoms with van der Waals surface area (Å²) in [5, 5.41) is 0. The first-order valence-electron chi connectivity index (χ1n) is 24.2. The lowest BCUT2D eigenvalue weighted by atomic mass is 9.99. The normalized spacial score (nSPS) is 11.3. The highest BCUT2D eigenvalue weighted by Gasteiger charge is 2.27. The van der Waals surface area contributed by atoms with Crippen LogP contribution >= 0.6 is 0 Å². The molecule has 9 aromatic rings. The number of ether oxygens (including phenoxy) is 3. The van der Waals surface area contributed by atoms with Gasteiger partial charge in [-0.15, -0.1) is 0 Å². The van der Waals surface area contributed by atoms with Crippen LogP contribution in [-0.4, -0.2) is 36.4 Å². The summed E-state index contributed by atoms with van der Waals surface area (Å²) in [6.07, 6.45) is 0.699. The number of hydrogen-bond acceptors (Lipinski definition) is 6. The molecule has 0 aliphatic heterocycles. The van der Waals surface area contributed by atoms with Gasteiger partial charge in [0.05, 0.1) is 33.8 Å². The molecule has 0 aliphatic carbocycles. The van der Waals surface area contributed by atoms with Crippen LogP contribution in [0.4, 0.5) is 17.1 Å². The van der Waals surface area contributed by atoms with Crippen LogP contribution in [0.1, 0.15) is 53.1 Å². The highest BCUT2D eigenvalue weighted by atomic mass is 16.6. The predicted molar refractivity (Wildman–Crippen MR) is 296 cm³/mol. The maximum absolute atomic E-state index is 6.92. The van der Waals surface area contributed by atoms with Crippen molar-refractivity contribution in [3.63, 3.8) is 0 Å². The number of hydrogen-bond donors (Lipinski definition) is 0. The highest BCUT2D eigenvalue weighted by Crippen LogP contribution is 2.30. The Balaban J connectivity index is 1.01. The van der Waals surface area contributed by atoms with Crippen molar-refractivity contribution < 1.29 is 14.2 Å². The van der Waals surface area contributed by atoms with Crippen molar-refractivity contribution in [2.75, 3.05) is 6.61 Å². The molecule has 0 saturated carbocycles. The molecule has 0 aliphatic rings. The van der Waals surface area contributed by atoms with Gasteiger partial charge in [-0.25, -0.2) is 15.0 Å². The van der Waals surface area contributed by atoms with Crippen molar-refractivity contribution in [1.29, 1.82) is 0 Å². The van der Waals surface area contributed by atoms with E-state index in [0.29, 0.717) is 23.7 Å². The molecule has 0 N–H and O–H groups in total. The first-order valence-corrected chi connectivity index (χ1v) is 24.2. The van der Waals surface area contributed by atoms with E-state index < -0.39 is 6.10 Å². The van der Waals surface area contributed by atoms with Crippen LogP contribution < -0.4 is 14.2 Å². The van der Waals surface area contributed by atoms with Crippen molar-refractivity contribution in [2.45, 2.75) is 32.0 Å². The Hall–Kier alpha value is -9.27. The van der Waals surface area contributed by atoms with Gasteiger partial charge >= 0.3 is 0 Å². The molecule has 0 fully saturated rings. The maximum atomic E-state index is 6.92. The van der Waals surface area contributed by atoms with Gasteiger partial charge in [-0.3, -0.25) is 0 Å². The van der Waals surface area contributed by atoms with Crippen LogP contribution in [0.25, 0.3) is 16.7 Å². The third-order valence-electron chi connectivity index (χ3n) is 11.8. The van der Waals surface area contributed by atoms with Gasteiger partial charge in [0.15, 0.2) is 6.10 Å². The molecule has 0 saturated heterocycles. The molecule has 0 radical (unpaired) electrons. The van der Waals surface area contributed by atoms with Crippen LogP contribution in [0.3, 0.4) is 0 Å². The topological polar surface area (TPSA) is 64.8 Å². The van der Waals surface area contributed by atoms with Gasteiger partial charge in [0, 0.05) is 0 Å². The molecule has 0 amide bonds. The minimum absolute atomic E-state index is 0.219. The van der Waals surface area contributed by atoms with Crippen LogP contribution in [-0.2, 0) is 0 Å². The molecule has 9 aromatic carbocycles. The van der Waals surface area contributed by atoms with Crippen LogP contribution in [0.5, 0.6) is 17.2 Å². The van der Waals surface area contributed by atoms with Crippen molar-refractivity contribution >= 4 is 51.4 Å². The fourth-order valence-corrected chi connectivity index (χ4v) is 8.04. The van der Waals surface area contributed by atoms with E-state index in [0.717, 1.165) is 73.6 Å². The lowest BCUT2D eigenvalue weighted by Crippen LogP contribution is -2.41. The summed E-state index contributed by atoms with van der Waals surface area (Å²) in [5.74, 6) is 12.1. The van der Waals surface area contributed by atoms with Crippen molar-refractivity contribution in [3.8, 4) is 17.2 Å². The third-order valence-corrected chi connectivity index (χ3v) is 11.8. The molecule has 9 rings (SSSR count). The molecule has 72 heavy (non-hydrogen) atoms. The first-order chi connectivity index (χ1) is 35.6. The van der Waals surface area contributed by atoms with Crippen molar-refractivity contribution in [3.05, 3.63) is 288 Å². The number of para-hydroxylation sites is 3. The second-order valence-corrected chi connectivity index (χ2v) is 16.9. The second kappa shape index (κ2) is 24.8. The Morgan fingerprint density at radius 2 is 0.611 bits per heavy atom. The second-order valence-electron chi connectivity index (χ2n) is 16.9. The zero-order valence-corrected chi connectivity index (χ0v) is 40.1. The average Bonchev–Trinajstić information content (AvgIpc) is 3.45. The molecule has 6 heteroatoms. The molecule has 350 valence electrons. The van der Waals surface area contributed by atoms with E-state index in [1.807, 2.05) is 206 Å². The summed E-state index contributed by atoms with van der Waals surface area (Å²) in [6, 6.07) is 84.4. The van der Waals surface area contributed by atoms with E-state index in [1.54, 1.807) is 0 Å². The van der Waals surface area contributed by atoms with E-state index in [1.165, 1.54) is 0 Å². The van der Waals surface area contributed by atoms with Gasteiger partial charge in [-0.1, -0.05) is 159 Å². The molecule has 0 bridgehead atoms. The minimum atomic E-state index is -0.505. The number of benzene rings is 9. The lowest BCUT2D eigenvalue weighted by Gasteiger charge is -2.29. The highest BCUT2D eigenvalue weighted by molar-refractivity contribution is 6.01. The summed E-state index contributed by atoms with van der Waals surface area (Å²) >= 11 is 0. The van der Waals surface area contributed by atoms with Crippen LogP contribution in [0.15, 0.2) is 270 Å². The third kappa shape index (κ3) is 13.3. The predicted octanol–water partition coefficient (Wildman–Crippen LogP) is 16.1. The Bertz CT molecular complexity index is 3310. The number of nitrogens with zero attached hydrogens (tertiary/aromatic N) is 3. The Morgan fingerprint density at radius 3 is 0.931 bits per heavy atom. The lowest BCUT2D eigenvalue weighted by molar-refractivity contribution is 0.0181. The van der Waals surface area contributed by atoms with Crippen LogP contribution in [0, 0.1) is 0 Å². The van der Waals surface area contributed by atoms with Gasteiger partial charge in [-0.05, 0) is 167 Å². The maximum Gasteiger partial charge on any atom is 0.169 e. The van der Waals surface area contributed by atoms with E-state index in [-0.39, 0.29) is 12.7 Å². The standard InChI is InChI=1S/C66H53N3O3/c1-2-21-65(71-60-42-36-54(37-43-60)63(51-24-11-4-12-25-51)47-68-57-30-17-7-18-31-57)66(72-61-44-38-55(39-45-61)64(52-26-13-5-14-27-52)48-69-58-32-19-8-20-33-58)49-70-59-40-34-53(35-41-59)62(50-22-9-3-10-23-50)46-67-56-28-15-6-16-29-56/h3-20,22-45,65-66H,2,21,49H2,1H3. The van der Waals surface area contributed by atoms with Gasteiger partial charge < -0.3 is 14.2 Å². The van der Waals surface area contributed by atoms with Gasteiger partial charge in [-0.2, -0.15) is 0 Å². The Labute approximate surface area is 422 Å². The fraction of sp³-hybridized carbons (Fsp3) is 0.0909. The summed E-state index contributed by atoms with van der Waals surface area (Å²) in [4.78, 5) is 14.1. The molecule has 6 nitrogen and oxygen atoms in total. The SMILES string of the molecule is CCCC(Oc1ccc(C(=C=Nc2ccccc2)c2ccccc2)cc1)C(COc1ccc(C(=C=Nc2ccccc2)c2ccccc2)cc1)Oc1ccc(C(=C=Nc2ccccc2)c2ccccc2)cc1. The smallest absolute Gasteiger partial charge is 0.169 e. The van der Waals surface area contributed by atoms with Crippen LogP contribution in [0.2, 0.25) is 0 Å². The summed E-state index contributed by atoms with van der Waals surface area (Å²) in [5.41, 5.74) is 11.1. The van der Waals surface area contributed by atoms with E-state index in [4.69, 9.17) is 24.2 Å². The fourth-order valence-electron chi connectivity index (χ4n) is 8.04. The molecular formula is C66H53N3O3. The molecule has 0 aromatic heterocycles. The summed E-state index contributed by atoms with van der Waals surface area (Å²) < 4.78 is 20.4.